The molecule has 0 aliphatic heterocycles. The Morgan fingerprint density at radius 1 is 1.45 bits per heavy atom. The first-order valence-electron chi connectivity index (χ1n) is 6.13. The van der Waals surface area contributed by atoms with Crippen LogP contribution in [0, 0.1) is 0 Å². The molecule has 0 radical (unpaired) electrons. The van der Waals surface area contributed by atoms with Gasteiger partial charge in [0.1, 0.15) is 17.6 Å². The number of hydrogen-bond acceptors (Lipinski definition) is 6. The number of aryl methyl sites for hydroxylation is 1. The first-order chi connectivity index (χ1) is 9.67. The standard InChI is InChI=1S/C13H16N4O3/c1-3-17-11(15-8-16-17)7-20-13(18)12-9(14)5-4-6-10(12)19-2/h4-6,8H,3,7,14H2,1-2H3. The summed E-state index contributed by atoms with van der Waals surface area (Å²) in [6.45, 7) is 2.62. The van der Waals surface area contributed by atoms with E-state index in [0.717, 1.165) is 0 Å². The highest BCUT2D eigenvalue weighted by Crippen LogP contribution is 2.25. The average molecular weight is 276 g/mol. The zero-order chi connectivity index (χ0) is 14.5. The number of anilines is 1. The van der Waals surface area contributed by atoms with Crippen molar-refractivity contribution in [1.29, 1.82) is 0 Å². The van der Waals surface area contributed by atoms with Gasteiger partial charge in [-0.1, -0.05) is 6.07 Å². The van der Waals surface area contributed by atoms with Crippen molar-refractivity contribution < 1.29 is 14.3 Å². The molecule has 1 aromatic carbocycles. The van der Waals surface area contributed by atoms with Gasteiger partial charge in [-0.05, 0) is 19.1 Å². The third-order valence-electron chi connectivity index (χ3n) is 2.81. The van der Waals surface area contributed by atoms with Crippen LogP contribution in [0.3, 0.4) is 0 Å². The number of rotatable bonds is 5. The van der Waals surface area contributed by atoms with Gasteiger partial charge >= 0.3 is 5.97 Å². The lowest BCUT2D eigenvalue weighted by atomic mass is 10.1. The Hall–Kier alpha value is -2.57. The van der Waals surface area contributed by atoms with E-state index in [4.69, 9.17) is 15.2 Å². The average Bonchev–Trinajstić information content (AvgIpc) is 2.91. The zero-order valence-electron chi connectivity index (χ0n) is 11.4. The zero-order valence-corrected chi connectivity index (χ0v) is 11.4. The molecule has 106 valence electrons. The van der Waals surface area contributed by atoms with Crippen LogP contribution in [-0.2, 0) is 17.9 Å². The predicted molar refractivity (Wildman–Crippen MR) is 72.2 cm³/mol. The maximum absolute atomic E-state index is 12.1. The van der Waals surface area contributed by atoms with Crippen molar-refractivity contribution in [3.05, 3.63) is 35.9 Å². The minimum absolute atomic E-state index is 0.0319. The number of nitrogen functional groups attached to an aromatic ring is 1. The molecule has 0 saturated carbocycles. The van der Waals surface area contributed by atoms with Gasteiger partial charge in [0.2, 0.25) is 0 Å². The van der Waals surface area contributed by atoms with E-state index in [2.05, 4.69) is 10.1 Å². The van der Waals surface area contributed by atoms with Crippen molar-refractivity contribution in [1.82, 2.24) is 14.8 Å². The fourth-order valence-corrected chi connectivity index (χ4v) is 1.80. The third-order valence-corrected chi connectivity index (χ3v) is 2.81. The summed E-state index contributed by atoms with van der Waals surface area (Å²) in [4.78, 5) is 16.1. The minimum atomic E-state index is -0.550. The Morgan fingerprint density at radius 3 is 2.95 bits per heavy atom. The molecular formula is C13H16N4O3. The van der Waals surface area contributed by atoms with E-state index in [1.165, 1.54) is 13.4 Å². The summed E-state index contributed by atoms with van der Waals surface area (Å²) >= 11 is 0. The Kier molecular flexibility index (Phi) is 4.19. The molecule has 7 heteroatoms. The van der Waals surface area contributed by atoms with Crippen molar-refractivity contribution in [3.8, 4) is 5.75 Å². The molecule has 2 rings (SSSR count). The number of aromatic nitrogens is 3. The second-order valence-corrected chi connectivity index (χ2v) is 3.99. The maximum Gasteiger partial charge on any atom is 0.344 e. The summed E-state index contributed by atoms with van der Waals surface area (Å²) in [6, 6.07) is 4.98. The number of nitrogens with two attached hydrogens (primary N) is 1. The molecule has 0 aliphatic carbocycles. The lowest BCUT2D eigenvalue weighted by Crippen LogP contribution is -2.12. The van der Waals surface area contributed by atoms with E-state index in [0.29, 0.717) is 23.8 Å². The fraction of sp³-hybridized carbons (Fsp3) is 0.308. The Bertz CT molecular complexity index is 609. The van der Waals surface area contributed by atoms with Crippen LogP contribution in [0.5, 0.6) is 5.75 Å². The molecule has 20 heavy (non-hydrogen) atoms. The van der Waals surface area contributed by atoms with Gasteiger partial charge in [-0.15, -0.1) is 0 Å². The van der Waals surface area contributed by atoms with Crippen molar-refractivity contribution in [2.45, 2.75) is 20.1 Å². The SMILES string of the molecule is CCn1ncnc1COC(=O)c1c(N)cccc1OC. The number of carbonyl (C=O) groups is 1. The molecule has 0 fully saturated rings. The Balaban J connectivity index is 2.13. The molecule has 0 atom stereocenters. The number of benzene rings is 1. The fourth-order valence-electron chi connectivity index (χ4n) is 1.80. The highest BCUT2D eigenvalue weighted by molar-refractivity contribution is 5.98. The van der Waals surface area contributed by atoms with Crippen molar-refractivity contribution in [2.24, 2.45) is 0 Å². The number of hydrogen-bond donors (Lipinski definition) is 1. The van der Waals surface area contributed by atoms with Crippen LogP contribution < -0.4 is 10.5 Å². The number of carbonyl (C=O) groups excluding carboxylic acids is 1. The van der Waals surface area contributed by atoms with Gasteiger partial charge in [-0.2, -0.15) is 5.10 Å². The van der Waals surface area contributed by atoms with Crippen LogP contribution in [0.4, 0.5) is 5.69 Å². The van der Waals surface area contributed by atoms with E-state index in [9.17, 15) is 4.79 Å². The summed E-state index contributed by atoms with van der Waals surface area (Å²) in [7, 11) is 1.47. The van der Waals surface area contributed by atoms with Gasteiger partial charge in [0, 0.05) is 12.2 Å². The quantitative estimate of drug-likeness (QED) is 0.652. The van der Waals surface area contributed by atoms with E-state index in [1.54, 1.807) is 22.9 Å². The Morgan fingerprint density at radius 2 is 2.25 bits per heavy atom. The molecule has 0 saturated heterocycles. The van der Waals surface area contributed by atoms with E-state index in [1.807, 2.05) is 6.92 Å². The second-order valence-electron chi connectivity index (χ2n) is 3.99. The third kappa shape index (κ3) is 2.71. The van der Waals surface area contributed by atoms with Gasteiger partial charge < -0.3 is 15.2 Å². The second kappa shape index (κ2) is 6.05. The van der Waals surface area contributed by atoms with Crippen LogP contribution in [0.25, 0.3) is 0 Å². The molecule has 7 nitrogen and oxygen atoms in total. The molecule has 0 bridgehead atoms. The van der Waals surface area contributed by atoms with Crippen molar-refractivity contribution in [2.75, 3.05) is 12.8 Å². The van der Waals surface area contributed by atoms with Gasteiger partial charge in [-0.3, -0.25) is 0 Å². The molecule has 2 N–H and O–H groups in total. The first-order valence-corrected chi connectivity index (χ1v) is 6.13. The van der Waals surface area contributed by atoms with Crippen LogP contribution in [0.2, 0.25) is 0 Å². The maximum atomic E-state index is 12.1. The highest BCUT2D eigenvalue weighted by atomic mass is 16.5. The minimum Gasteiger partial charge on any atom is -0.496 e. The number of methoxy groups -OCH3 is 1. The van der Waals surface area contributed by atoms with Crippen molar-refractivity contribution >= 4 is 11.7 Å². The van der Waals surface area contributed by atoms with Crippen LogP contribution >= 0.6 is 0 Å². The first kappa shape index (κ1) is 13.9. The summed E-state index contributed by atoms with van der Waals surface area (Å²) in [5.74, 6) is 0.409. The van der Waals surface area contributed by atoms with Gasteiger partial charge in [-0.25, -0.2) is 14.5 Å². The molecule has 0 unspecified atom stereocenters. The van der Waals surface area contributed by atoms with E-state index in [-0.39, 0.29) is 12.2 Å². The van der Waals surface area contributed by atoms with Crippen LogP contribution in [-0.4, -0.2) is 27.8 Å². The summed E-state index contributed by atoms with van der Waals surface area (Å²) < 4.78 is 12.0. The molecule has 1 aromatic heterocycles. The number of nitrogens with zero attached hydrogens (tertiary/aromatic N) is 3. The van der Waals surface area contributed by atoms with Crippen LogP contribution in [0.15, 0.2) is 24.5 Å². The van der Waals surface area contributed by atoms with Crippen LogP contribution in [0.1, 0.15) is 23.1 Å². The largest absolute Gasteiger partial charge is 0.496 e. The molecule has 0 aliphatic rings. The smallest absolute Gasteiger partial charge is 0.344 e. The lowest BCUT2D eigenvalue weighted by molar-refractivity contribution is 0.0454. The monoisotopic (exact) mass is 276 g/mol. The van der Waals surface area contributed by atoms with Crippen molar-refractivity contribution in [3.63, 3.8) is 0 Å². The highest BCUT2D eigenvalue weighted by Gasteiger charge is 2.18. The van der Waals surface area contributed by atoms with Gasteiger partial charge in [0.15, 0.2) is 12.4 Å². The number of esters is 1. The molecule has 0 spiro atoms. The van der Waals surface area contributed by atoms with Gasteiger partial charge in [0.05, 0.1) is 7.11 Å². The summed E-state index contributed by atoms with van der Waals surface area (Å²) in [6.07, 6.45) is 1.42. The Labute approximate surface area is 116 Å². The lowest BCUT2D eigenvalue weighted by Gasteiger charge is -2.10. The normalized spacial score (nSPS) is 10.3. The summed E-state index contributed by atoms with van der Waals surface area (Å²) in [5.41, 5.74) is 6.32. The molecule has 2 aromatic rings. The molecular weight excluding hydrogens is 260 g/mol. The van der Waals surface area contributed by atoms with Gasteiger partial charge in [0.25, 0.3) is 0 Å². The number of ether oxygens (including phenoxy) is 2. The topological polar surface area (TPSA) is 92.3 Å². The predicted octanol–water partition coefficient (Wildman–Crippen LogP) is 1.25. The molecule has 1 heterocycles. The van der Waals surface area contributed by atoms with E-state index >= 15 is 0 Å². The molecule has 0 amide bonds. The van der Waals surface area contributed by atoms with E-state index < -0.39 is 5.97 Å². The summed E-state index contributed by atoms with van der Waals surface area (Å²) in [5, 5.41) is 4.00.